The summed E-state index contributed by atoms with van der Waals surface area (Å²) in [5.41, 5.74) is 10.6. The van der Waals surface area contributed by atoms with Gasteiger partial charge in [-0.1, -0.05) is 0 Å². The number of benzene rings is 1. The van der Waals surface area contributed by atoms with Crippen molar-refractivity contribution in [1.29, 1.82) is 0 Å². The van der Waals surface area contributed by atoms with Crippen LogP contribution in [0.2, 0.25) is 0 Å². The van der Waals surface area contributed by atoms with Gasteiger partial charge in [-0.2, -0.15) is 5.10 Å². The van der Waals surface area contributed by atoms with Gasteiger partial charge in [-0.05, 0) is 43.3 Å². The van der Waals surface area contributed by atoms with E-state index in [0.717, 1.165) is 34.2 Å². The SMILES string of the molecule is CC1CC(N=C(C=C(N)c2ccc(F)c(NC(=O)c3cc4ncccc4s3)c2F)C(N)=O)=NN1C. The lowest BCUT2D eigenvalue weighted by Gasteiger charge is -2.11. The van der Waals surface area contributed by atoms with Crippen LogP contribution in [-0.4, -0.2) is 46.4 Å². The average Bonchev–Trinajstić information content (AvgIpc) is 3.38. The molecule has 0 saturated carbocycles. The van der Waals surface area contributed by atoms with Gasteiger partial charge in [0.1, 0.15) is 17.2 Å². The van der Waals surface area contributed by atoms with Gasteiger partial charge in [0.2, 0.25) is 0 Å². The maximum Gasteiger partial charge on any atom is 0.267 e. The van der Waals surface area contributed by atoms with Crippen molar-refractivity contribution < 1.29 is 18.4 Å². The molecule has 1 unspecified atom stereocenters. The largest absolute Gasteiger partial charge is 0.398 e. The van der Waals surface area contributed by atoms with Crippen LogP contribution in [0.1, 0.15) is 28.6 Å². The van der Waals surface area contributed by atoms with Gasteiger partial charge in [0.15, 0.2) is 11.7 Å². The van der Waals surface area contributed by atoms with Gasteiger partial charge < -0.3 is 16.8 Å². The number of halogens is 2. The minimum Gasteiger partial charge on any atom is -0.398 e. The Morgan fingerprint density at radius 2 is 2.06 bits per heavy atom. The third kappa shape index (κ3) is 5.01. The second-order valence-electron chi connectivity index (χ2n) is 7.84. The molecule has 180 valence electrons. The van der Waals surface area contributed by atoms with Crippen LogP contribution < -0.4 is 16.8 Å². The van der Waals surface area contributed by atoms with Gasteiger partial charge in [0, 0.05) is 30.9 Å². The van der Waals surface area contributed by atoms with Crippen LogP contribution in [0.5, 0.6) is 0 Å². The normalized spacial score (nSPS) is 16.5. The van der Waals surface area contributed by atoms with Crippen LogP contribution >= 0.6 is 11.3 Å². The van der Waals surface area contributed by atoms with Gasteiger partial charge in [-0.15, -0.1) is 11.3 Å². The number of fused-ring (bicyclic) bond motifs is 1. The van der Waals surface area contributed by atoms with E-state index in [1.807, 2.05) is 6.92 Å². The summed E-state index contributed by atoms with van der Waals surface area (Å²) in [6.07, 6.45) is 3.15. The Morgan fingerprint density at radius 1 is 1.29 bits per heavy atom. The highest BCUT2D eigenvalue weighted by atomic mass is 32.1. The van der Waals surface area contributed by atoms with Crippen molar-refractivity contribution >= 4 is 56.3 Å². The molecule has 5 N–H and O–H groups in total. The van der Waals surface area contributed by atoms with Crippen LogP contribution in [0, 0.1) is 11.6 Å². The minimum atomic E-state index is -1.11. The second-order valence-corrected chi connectivity index (χ2v) is 8.92. The van der Waals surface area contributed by atoms with Gasteiger partial charge in [-0.3, -0.25) is 19.6 Å². The fourth-order valence-corrected chi connectivity index (χ4v) is 4.27. The van der Waals surface area contributed by atoms with Gasteiger partial charge in [0.25, 0.3) is 11.8 Å². The molecule has 0 fully saturated rings. The molecule has 9 nitrogen and oxygen atoms in total. The maximum atomic E-state index is 15.3. The molecular formula is C23H21F2N7O2S. The molecule has 3 heterocycles. The molecule has 2 amide bonds. The number of aliphatic imine (C=N–C) groups is 1. The number of amidine groups is 1. The van der Waals surface area contributed by atoms with Crippen LogP contribution in [0.4, 0.5) is 14.5 Å². The first-order chi connectivity index (χ1) is 16.6. The number of hydrogen-bond acceptors (Lipinski definition) is 8. The molecule has 0 saturated heterocycles. The molecule has 0 radical (unpaired) electrons. The molecule has 3 aromatic rings. The highest BCUT2D eigenvalue weighted by Gasteiger charge is 2.22. The predicted molar refractivity (Wildman–Crippen MR) is 132 cm³/mol. The summed E-state index contributed by atoms with van der Waals surface area (Å²) in [4.78, 5) is 33.1. The third-order valence-corrected chi connectivity index (χ3v) is 6.42. The van der Waals surface area contributed by atoms with Crippen LogP contribution in [0.25, 0.3) is 15.9 Å². The van der Waals surface area contributed by atoms with E-state index in [1.54, 1.807) is 30.4 Å². The number of anilines is 1. The molecule has 1 aromatic carbocycles. The smallest absolute Gasteiger partial charge is 0.267 e. The number of carbonyl (C=O) groups is 2. The zero-order valence-corrected chi connectivity index (χ0v) is 19.6. The van der Waals surface area contributed by atoms with Crippen molar-refractivity contribution in [2.24, 2.45) is 21.6 Å². The first kappa shape index (κ1) is 24.0. The van der Waals surface area contributed by atoms with E-state index in [0.29, 0.717) is 17.8 Å². The monoisotopic (exact) mass is 497 g/mol. The fraction of sp³-hybridized carbons (Fsp3) is 0.174. The van der Waals surface area contributed by atoms with E-state index in [-0.39, 0.29) is 27.9 Å². The molecule has 12 heteroatoms. The van der Waals surface area contributed by atoms with E-state index in [1.165, 1.54) is 6.07 Å². The maximum absolute atomic E-state index is 15.3. The molecule has 0 aliphatic carbocycles. The Bertz CT molecular complexity index is 1400. The van der Waals surface area contributed by atoms with E-state index >= 15 is 4.39 Å². The van der Waals surface area contributed by atoms with Crippen LogP contribution in [-0.2, 0) is 4.79 Å². The lowest BCUT2D eigenvalue weighted by Crippen LogP contribution is -2.24. The summed E-state index contributed by atoms with van der Waals surface area (Å²) in [5.74, 6) is -3.34. The number of amides is 2. The Morgan fingerprint density at radius 3 is 2.71 bits per heavy atom. The molecule has 1 atom stereocenters. The Hall–Kier alpha value is -4.19. The molecule has 0 bridgehead atoms. The number of nitrogens with one attached hydrogen (secondary N) is 1. The number of primary amides is 1. The van der Waals surface area contributed by atoms with Crippen molar-refractivity contribution in [1.82, 2.24) is 9.99 Å². The van der Waals surface area contributed by atoms with E-state index < -0.39 is 29.1 Å². The van der Waals surface area contributed by atoms with Gasteiger partial charge in [0.05, 0.1) is 21.1 Å². The van der Waals surface area contributed by atoms with E-state index in [9.17, 15) is 14.0 Å². The standard InChI is InChI=1S/C23H21F2N7O2S/c1-11-8-19(31-32(11)2)29-16(22(27)33)9-14(26)12-5-6-13(24)21(20(12)25)30-23(34)18-10-15-17(35-18)4-3-7-28-15/h3-7,9-11H,8,26H2,1-2H3,(H2,27,33)(H,30,34). The second kappa shape index (κ2) is 9.58. The van der Waals surface area contributed by atoms with Gasteiger partial charge >= 0.3 is 0 Å². The summed E-state index contributed by atoms with van der Waals surface area (Å²) in [6, 6.07) is 7.17. The Balaban J connectivity index is 1.64. The van der Waals surface area contributed by atoms with Crippen molar-refractivity contribution in [2.45, 2.75) is 19.4 Å². The lowest BCUT2D eigenvalue weighted by atomic mass is 10.1. The summed E-state index contributed by atoms with van der Waals surface area (Å²) >= 11 is 1.14. The number of aromatic nitrogens is 1. The molecule has 2 aromatic heterocycles. The number of thiophene rings is 1. The number of carbonyl (C=O) groups excluding carboxylic acids is 2. The highest BCUT2D eigenvalue weighted by Crippen LogP contribution is 2.28. The zero-order chi connectivity index (χ0) is 25.3. The lowest BCUT2D eigenvalue weighted by molar-refractivity contribution is -0.111. The van der Waals surface area contributed by atoms with Crippen LogP contribution in [0.3, 0.4) is 0 Å². The molecule has 1 aliphatic rings. The van der Waals surface area contributed by atoms with Crippen molar-refractivity contribution in [3.8, 4) is 0 Å². The highest BCUT2D eigenvalue weighted by molar-refractivity contribution is 7.20. The number of hydrazone groups is 1. The van der Waals surface area contributed by atoms with Gasteiger partial charge in [-0.25, -0.2) is 13.8 Å². The molecule has 4 rings (SSSR count). The number of hydrogen-bond donors (Lipinski definition) is 3. The summed E-state index contributed by atoms with van der Waals surface area (Å²) < 4.78 is 30.5. The van der Waals surface area contributed by atoms with Crippen molar-refractivity contribution in [3.05, 3.63) is 64.7 Å². The molecule has 35 heavy (non-hydrogen) atoms. The third-order valence-electron chi connectivity index (χ3n) is 5.34. The zero-order valence-electron chi connectivity index (χ0n) is 18.8. The van der Waals surface area contributed by atoms with E-state index in [2.05, 4.69) is 20.4 Å². The topological polar surface area (TPSA) is 139 Å². The first-order valence-electron chi connectivity index (χ1n) is 10.4. The van der Waals surface area contributed by atoms with Crippen molar-refractivity contribution in [3.63, 3.8) is 0 Å². The number of rotatable bonds is 5. The summed E-state index contributed by atoms with van der Waals surface area (Å²) in [5, 5.41) is 8.15. The van der Waals surface area contributed by atoms with Crippen LogP contribution in [0.15, 0.2) is 52.7 Å². The Kier molecular flexibility index (Phi) is 6.56. The first-order valence-corrected chi connectivity index (χ1v) is 11.3. The quantitative estimate of drug-likeness (QED) is 0.465. The number of pyridine rings is 1. The van der Waals surface area contributed by atoms with Crippen molar-refractivity contribution in [2.75, 3.05) is 12.4 Å². The van der Waals surface area contributed by atoms with E-state index in [4.69, 9.17) is 11.5 Å². The molecule has 1 aliphatic heterocycles. The predicted octanol–water partition coefficient (Wildman–Crippen LogP) is 3.09. The summed E-state index contributed by atoms with van der Waals surface area (Å²) in [7, 11) is 1.76. The Labute approximate surface area is 202 Å². The minimum absolute atomic E-state index is 0.0848. The average molecular weight is 498 g/mol. The number of nitrogens with two attached hydrogens (primary N) is 2. The molecule has 0 spiro atoms. The summed E-state index contributed by atoms with van der Waals surface area (Å²) in [6.45, 7) is 1.93. The fourth-order valence-electron chi connectivity index (χ4n) is 3.36. The molecular weight excluding hydrogens is 476 g/mol. The number of nitrogens with zero attached hydrogens (tertiary/aromatic N) is 4.